The third-order valence-corrected chi connectivity index (χ3v) is 10.7. The van der Waals surface area contributed by atoms with E-state index in [0.29, 0.717) is 24.4 Å². The van der Waals surface area contributed by atoms with Crippen LogP contribution < -0.4 is 15.2 Å². The number of para-hydroxylation sites is 1. The fourth-order valence-electron chi connectivity index (χ4n) is 5.51. The summed E-state index contributed by atoms with van der Waals surface area (Å²) in [6.45, 7) is 6.92. The Morgan fingerprint density at radius 2 is 1.74 bits per heavy atom. The van der Waals surface area contributed by atoms with E-state index in [0.717, 1.165) is 30.5 Å². The Morgan fingerprint density at radius 3 is 2.43 bits per heavy atom. The number of sulfonamides is 1. The first-order valence-corrected chi connectivity index (χ1v) is 17.8. The van der Waals surface area contributed by atoms with E-state index in [2.05, 4.69) is 14.6 Å². The maximum Gasteiger partial charge on any atom is 0.243 e. The van der Waals surface area contributed by atoms with Crippen LogP contribution in [0.1, 0.15) is 44.4 Å². The van der Waals surface area contributed by atoms with Crippen LogP contribution in [0.2, 0.25) is 10.0 Å². The first-order chi connectivity index (χ1) is 22.1. The number of pyridine rings is 1. The predicted octanol–water partition coefficient (Wildman–Crippen LogP) is 4.22. The van der Waals surface area contributed by atoms with Crippen molar-refractivity contribution in [2.75, 3.05) is 46.8 Å². The fraction of sp³-hybridized carbons (Fsp3) is 0.485. The van der Waals surface area contributed by atoms with E-state index in [9.17, 15) is 18.0 Å². The molecular weight excluding hydrogens is 663 g/mol. The molecule has 0 aliphatic carbocycles. The Bertz CT molecular complexity index is 1710. The van der Waals surface area contributed by atoms with Crippen molar-refractivity contribution >= 4 is 55.9 Å². The normalized spacial score (nSPS) is 14.9. The molecule has 2 heterocycles. The molecule has 1 saturated heterocycles. The van der Waals surface area contributed by atoms with Crippen LogP contribution >= 0.6 is 23.2 Å². The highest BCUT2D eigenvalue weighted by Gasteiger charge is 2.39. The number of fused-ring (bicyclic) bond motifs is 1. The van der Waals surface area contributed by atoms with Gasteiger partial charge >= 0.3 is 0 Å². The lowest BCUT2D eigenvalue weighted by Gasteiger charge is -2.39. The number of halogens is 2. The van der Waals surface area contributed by atoms with Gasteiger partial charge in [0.15, 0.2) is 0 Å². The number of nitrogens with two attached hydrogens (primary N) is 1. The third kappa shape index (κ3) is 9.33. The number of rotatable bonds is 13. The molecule has 0 spiro atoms. The van der Waals surface area contributed by atoms with Gasteiger partial charge in [0.05, 0.1) is 5.02 Å². The summed E-state index contributed by atoms with van der Waals surface area (Å²) in [6, 6.07) is 11.9. The van der Waals surface area contributed by atoms with E-state index in [1.54, 1.807) is 15.9 Å². The van der Waals surface area contributed by atoms with Gasteiger partial charge in [-0.15, -0.1) is 0 Å². The van der Waals surface area contributed by atoms with Crippen molar-refractivity contribution in [1.29, 1.82) is 0 Å². The van der Waals surface area contributed by atoms with E-state index >= 15 is 0 Å². The number of hydrogen-bond donors (Lipinski definition) is 2. The number of piperazine rings is 1. The maximum atomic E-state index is 13.6. The number of benzene rings is 2. The molecule has 1 fully saturated rings. The van der Waals surface area contributed by atoms with Gasteiger partial charge < -0.3 is 25.2 Å². The number of carbonyl (C=O) groups excluding carboxylic acids is 2. The van der Waals surface area contributed by atoms with Crippen LogP contribution in [0.15, 0.2) is 47.4 Å². The summed E-state index contributed by atoms with van der Waals surface area (Å²) in [5, 5.41) is 1.02. The second kappa shape index (κ2) is 15.5. The van der Waals surface area contributed by atoms with Crippen molar-refractivity contribution in [3.8, 4) is 5.75 Å². The predicted molar refractivity (Wildman–Crippen MR) is 185 cm³/mol. The van der Waals surface area contributed by atoms with Crippen LogP contribution in [-0.4, -0.2) is 98.3 Å². The molecule has 1 aliphatic heterocycles. The SMILES string of the molecule is Cc1ccc2cccc(OCc3c(Cl)ccc(S(=O)(=O)NC(C)(C)C(=O)N4CCN(C(=O)C[C@@H](N)CCCN(C)C)CC4)c3Cl)c2n1. The van der Waals surface area contributed by atoms with Gasteiger partial charge in [-0.05, 0) is 78.5 Å². The zero-order valence-electron chi connectivity index (χ0n) is 27.6. The van der Waals surface area contributed by atoms with E-state index < -0.39 is 21.5 Å². The molecule has 4 rings (SSSR count). The molecular formula is C33H44Cl2N6O5S. The van der Waals surface area contributed by atoms with Crippen molar-refractivity contribution in [3.05, 3.63) is 63.8 Å². The first-order valence-electron chi connectivity index (χ1n) is 15.6. The van der Waals surface area contributed by atoms with Gasteiger partial charge in [0.1, 0.15) is 28.3 Å². The highest BCUT2D eigenvalue weighted by molar-refractivity contribution is 7.89. The molecule has 47 heavy (non-hydrogen) atoms. The second-order valence-electron chi connectivity index (χ2n) is 12.7. The number of hydrogen-bond acceptors (Lipinski definition) is 8. The molecule has 14 heteroatoms. The van der Waals surface area contributed by atoms with Crippen molar-refractivity contribution < 1.29 is 22.7 Å². The molecule has 2 amide bonds. The highest BCUT2D eigenvalue weighted by atomic mass is 35.5. The van der Waals surface area contributed by atoms with Gasteiger partial charge in [-0.1, -0.05) is 41.4 Å². The van der Waals surface area contributed by atoms with Gasteiger partial charge in [0.2, 0.25) is 21.8 Å². The zero-order valence-corrected chi connectivity index (χ0v) is 29.9. The molecule has 0 saturated carbocycles. The van der Waals surface area contributed by atoms with Crippen molar-refractivity contribution in [3.63, 3.8) is 0 Å². The molecule has 3 N–H and O–H groups in total. The molecule has 3 aromatic rings. The Hall–Kier alpha value is -3.00. The van der Waals surface area contributed by atoms with Crippen LogP contribution in [0.3, 0.4) is 0 Å². The molecule has 1 aromatic heterocycles. The quantitative estimate of drug-likeness (QED) is 0.270. The largest absolute Gasteiger partial charge is 0.487 e. The van der Waals surface area contributed by atoms with E-state index in [-0.39, 0.29) is 58.6 Å². The summed E-state index contributed by atoms with van der Waals surface area (Å²) in [5.41, 5.74) is 6.44. The number of ether oxygens (including phenoxy) is 1. The van der Waals surface area contributed by atoms with Crippen LogP contribution in [0, 0.1) is 6.92 Å². The van der Waals surface area contributed by atoms with Gasteiger partial charge in [-0.3, -0.25) is 9.59 Å². The molecule has 1 aliphatic rings. The standard InChI is InChI=1S/C33H44Cl2N6O5S/c1-22-11-12-23-8-6-10-27(31(23)37-22)46-21-25-26(34)13-14-28(30(25)35)47(44,45)38-33(2,3)32(43)41-18-16-40(17-19-41)29(42)20-24(36)9-7-15-39(4)5/h6,8,10-14,24,38H,7,9,15-21,36H2,1-5H3/t24-/m0/s1. The minimum atomic E-state index is -4.28. The average molecular weight is 708 g/mol. The lowest BCUT2D eigenvalue weighted by molar-refractivity contribution is -0.142. The van der Waals surface area contributed by atoms with E-state index in [1.165, 1.54) is 26.0 Å². The average Bonchev–Trinajstić information content (AvgIpc) is 2.99. The van der Waals surface area contributed by atoms with E-state index in [4.69, 9.17) is 33.7 Å². The summed E-state index contributed by atoms with van der Waals surface area (Å²) in [6.07, 6.45) is 1.91. The summed E-state index contributed by atoms with van der Waals surface area (Å²) >= 11 is 13.1. The highest BCUT2D eigenvalue weighted by Crippen LogP contribution is 2.34. The minimum Gasteiger partial charge on any atom is -0.487 e. The van der Waals surface area contributed by atoms with Gasteiger partial charge in [-0.25, -0.2) is 13.4 Å². The van der Waals surface area contributed by atoms with Gasteiger partial charge in [0, 0.05) is 60.3 Å². The fourth-order valence-corrected chi connectivity index (χ4v) is 7.77. The maximum absolute atomic E-state index is 13.6. The third-order valence-electron chi connectivity index (χ3n) is 8.10. The van der Waals surface area contributed by atoms with E-state index in [1.807, 2.05) is 45.3 Å². The summed E-state index contributed by atoms with van der Waals surface area (Å²) in [4.78, 5) is 36.0. The Labute approximate surface area is 287 Å². The molecule has 11 nitrogen and oxygen atoms in total. The Kier molecular flexibility index (Phi) is 12.1. The second-order valence-corrected chi connectivity index (χ2v) is 15.2. The number of amides is 2. The number of nitrogens with zero attached hydrogens (tertiary/aromatic N) is 4. The number of aryl methyl sites for hydroxylation is 1. The minimum absolute atomic E-state index is 0.0431. The van der Waals surface area contributed by atoms with Crippen LogP contribution in [-0.2, 0) is 26.2 Å². The monoisotopic (exact) mass is 706 g/mol. The van der Waals surface area contributed by atoms with Crippen molar-refractivity contribution in [2.45, 2.75) is 63.1 Å². The smallest absolute Gasteiger partial charge is 0.243 e. The van der Waals surface area contributed by atoms with Crippen molar-refractivity contribution in [1.82, 2.24) is 24.4 Å². The molecule has 0 unspecified atom stereocenters. The molecule has 1 atom stereocenters. The summed E-state index contributed by atoms with van der Waals surface area (Å²) in [7, 11) is -0.291. The van der Waals surface area contributed by atoms with Crippen molar-refractivity contribution in [2.24, 2.45) is 5.73 Å². The molecule has 0 radical (unpaired) electrons. The zero-order chi connectivity index (χ0) is 34.5. The molecule has 0 bridgehead atoms. The lowest BCUT2D eigenvalue weighted by Crippen LogP contribution is -2.60. The summed E-state index contributed by atoms with van der Waals surface area (Å²) < 4.78 is 35.8. The number of nitrogens with one attached hydrogen (secondary N) is 1. The molecule has 256 valence electrons. The first kappa shape index (κ1) is 36.8. The number of aromatic nitrogens is 1. The van der Waals surface area contributed by atoms with Crippen LogP contribution in [0.5, 0.6) is 5.75 Å². The van der Waals surface area contributed by atoms with Gasteiger partial charge in [0.25, 0.3) is 0 Å². The topological polar surface area (TPSA) is 138 Å². The number of carbonyl (C=O) groups is 2. The Balaban J connectivity index is 1.39. The lowest BCUT2D eigenvalue weighted by atomic mass is 10.0. The van der Waals surface area contributed by atoms with Crippen LogP contribution in [0.25, 0.3) is 10.9 Å². The van der Waals surface area contributed by atoms with Gasteiger partial charge in [-0.2, -0.15) is 4.72 Å². The Morgan fingerprint density at radius 1 is 1.06 bits per heavy atom. The molecule has 2 aromatic carbocycles. The summed E-state index contributed by atoms with van der Waals surface area (Å²) in [5.74, 6) is 0.0421. The van der Waals surface area contributed by atoms with Crippen LogP contribution in [0.4, 0.5) is 0 Å².